The van der Waals surface area contributed by atoms with Gasteiger partial charge in [-0.05, 0) is 63.1 Å². The van der Waals surface area contributed by atoms with Crippen LogP contribution in [0.2, 0.25) is 0 Å². The van der Waals surface area contributed by atoms with Crippen LogP contribution in [-0.2, 0) is 0 Å². The Balaban J connectivity index is 2.18. The first kappa shape index (κ1) is 12.8. The van der Waals surface area contributed by atoms with E-state index in [4.69, 9.17) is 5.73 Å². The number of tetrazole rings is 1. The number of nitrogen functional groups attached to an aromatic ring is 1. The van der Waals surface area contributed by atoms with Gasteiger partial charge in [0, 0.05) is 15.7 Å². The number of nitrogens with zero attached hydrogens (tertiary/aromatic N) is 4. The van der Waals surface area contributed by atoms with E-state index in [1.165, 1.54) is 0 Å². The molecule has 0 fully saturated rings. The lowest BCUT2D eigenvalue weighted by atomic mass is 10.1. The van der Waals surface area contributed by atoms with Crippen LogP contribution in [0, 0.1) is 6.92 Å². The fourth-order valence-corrected chi connectivity index (χ4v) is 2.66. The predicted molar refractivity (Wildman–Crippen MR) is 81.4 cm³/mol. The number of aromatic nitrogens is 4. The second-order valence-corrected chi connectivity index (χ2v) is 5.31. The third-order valence-electron chi connectivity index (χ3n) is 3.00. The molecule has 3 aromatic rings. The number of nitrogens with two attached hydrogens (primary N) is 1. The molecular weight excluding hydrogens is 318 g/mol. The normalized spacial score (nSPS) is 10.7. The van der Waals surface area contributed by atoms with E-state index >= 15 is 0 Å². The Labute approximate surface area is 124 Å². The molecular formula is C14H12BrN5. The van der Waals surface area contributed by atoms with Crippen LogP contribution in [0.25, 0.3) is 17.1 Å². The van der Waals surface area contributed by atoms with Crippen molar-refractivity contribution in [3.05, 3.63) is 52.5 Å². The van der Waals surface area contributed by atoms with Crippen LogP contribution in [-0.4, -0.2) is 20.2 Å². The second-order valence-electron chi connectivity index (χ2n) is 4.46. The lowest BCUT2D eigenvalue weighted by Gasteiger charge is -2.09. The Morgan fingerprint density at radius 2 is 1.95 bits per heavy atom. The number of aryl methyl sites for hydroxylation is 1. The highest BCUT2D eigenvalue weighted by Crippen LogP contribution is 2.28. The minimum absolute atomic E-state index is 0.618. The van der Waals surface area contributed by atoms with Crippen molar-refractivity contribution in [3.8, 4) is 17.1 Å². The molecule has 0 aliphatic heterocycles. The van der Waals surface area contributed by atoms with E-state index in [2.05, 4.69) is 31.5 Å². The van der Waals surface area contributed by atoms with Crippen molar-refractivity contribution in [1.82, 2.24) is 20.2 Å². The Morgan fingerprint density at radius 1 is 1.15 bits per heavy atom. The molecule has 0 radical (unpaired) electrons. The molecule has 6 heteroatoms. The number of rotatable bonds is 2. The highest BCUT2D eigenvalue weighted by molar-refractivity contribution is 9.10. The van der Waals surface area contributed by atoms with Crippen molar-refractivity contribution in [2.75, 3.05) is 5.73 Å². The SMILES string of the molecule is Cc1ccc(-n2nnnc2-c2ccccc2N)c(Br)c1. The molecule has 0 unspecified atom stereocenters. The molecule has 0 spiro atoms. The zero-order valence-electron chi connectivity index (χ0n) is 10.8. The highest BCUT2D eigenvalue weighted by atomic mass is 79.9. The molecule has 0 amide bonds. The van der Waals surface area contributed by atoms with Crippen molar-refractivity contribution in [2.45, 2.75) is 6.92 Å². The van der Waals surface area contributed by atoms with Crippen LogP contribution in [0.1, 0.15) is 5.56 Å². The summed E-state index contributed by atoms with van der Waals surface area (Å²) in [7, 11) is 0. The summed E-state index contributed by atoms with van der Waals surface area (Å²) in [5, 5.41) is 11.9. The summed E-state index contributed by atoms with van der Waals surface area (Å²) >= 11 is 3.55. The van der Waals surface area contributed by atoms with E-state index in [-0.39, 0.29) is 0 Å². The first-order valence-corrected chi connectivity index (χ1v) is 6.86. The van der Waals surface area contributed by atoms with Gasteiger partial charge in [-0.1, -0.05) is 18.2 Å². The molecule has 0 bridgehead atoms. The second kappa shape index (κ2) is 5.05. The summed E-state index contributed by atoms with van der Waals surface area (Å²) in [5.41, 5.74) is 9.49. The molecule has 100 valence electrons. The molecule has 0 aliphatic rings. The molecule has 0 saturated carbocycles. The van der Waals surface area contributed by atoms with E-state index in [0.717, 1.165) is 21.3 Å². The van der Waals surface area contributed by atoms with Gasteiger partial charge < -0.3 is 5.73 Å². The average Bonchev–Trinajstić information content (AvgIpc) is 2.88. The van der Waals surface area contributed by atoms with Gasteiger partial charge in [0.05, 0.1) is 5.69 Å². The number of halogens is 1. The van der Waals surface area contributed by atoms with E-state index in [0.29, 0.717) is 11.5 Å². The Kier molecular flexibility index (Phi) is 3.23. The Hall–Kier alpha value is -2.21. The van der Waals surface area contributed by atoms with Gasteiger partial charge in [0.25, 0.3) is 0 Å². The monoisotopic (exact) mass is 329 g/mol. The standard InChI is InChI=1S/C14H12BrN5/c1-9-6-7-13(11(15)8-9)20-14(17-18-19-20)10-4-2-3-5-12(10)16/h2-8H,16H2,1H3. The summed E-state index contributed by atoms with van der Waals surface area (Å²) in [6.07, 6.45) is 0. The van der Waals surface area contributed by atoms with Gasteiger partial charge in [-0.3, -0.25) is 0 Å². The van der Waals surface area contributed by atoms with Gasteiger partial charge in [0.15, 0.2) is 5.82 Å². The topological polar surface area (TPSA) is 69.6 Å². The van der Waals surface area contributed by atoms with Crippen LogP contribution in [0.4, 0.5) is 5.69 Å². The fraction of sp³-hybridized carbons (Fsp3) is 0.0714. The maximum absolute atomic E-state index is 6.00. The van der Waals surface area contributed by atoms with E-state index in [1.807, 2.05) is 49.4 Å². The van der Waals surface area contributed by atoms with Crippen LogP contribution in [0.3, 0.4) is 0 Å². The van der Waals surface area contributed by atoms with Crippen molar-refractivity contribution in [2.24, 2.45) is 0 Å². The predicted octanol–water partition coefficient (Wildman–Crippen LogP) is 2.98. The minimum Gasteiger partial charge on any atom is -0.398 e. The highest BCUT2D eigenvalue weighted by Gasteiger charge is 2.14. The summed E-state index contributed by atoms with van der Waals surface area (Å²) < 4.78 is 2.61. The Morgan fingerprint density at radius 3 is 2.70 bits per heavy atom. The molecule has 0 aliphatic carbocycles. The number of hydrogen-bond acceptors (Lipinski definition) is 4. The lowest BCUT2D eigenvalue weighted by Crippen LogP contribution is -2.02. The van der Waals surface area contributed by atoms with Crippen LogP contribution < -0.4 is 5.73 Å². The first-order chi connectivity index (χ1) is 9.66. The maximum atomic E-state index is 6.00. The van der Waals surface area contributed by atoms with Gasteiger partial charge in [0.1, 0.15) is 0 Å². The van der Waals surface area contributed by atoms with Crippen molar-refractivity contribution in [1.29, 1.82) is 0 Å². The fourth-order valence-electron chi connectivity index (χ4n) is 2.00. The average molecular weight is 330 g/mol. The summed E-state index contributed by atoms with van der Waals surface area (Å²) in [6.45, 7) is 2.03. The zero-order chi connectivity index (χ0) is 14.1. The molecule has 20 heavy (non-hydrogen) atoms. The van der Waals surface area contributed by atoms with E-state index in [1.54, 1.807) is 4.68 Å². The molecule has 0 saturated heterocycles. The van der Waals surface area contributed by atoms with Gasteiger partial charge in [-0.25, -0.2) is 0 Å². The number of anilines is 1. The molecule has 5 nitrogen and oxygen atoms in total. The number of para-hydroxylation sites is 1. The summed E-state index contributed by atoms with van der Waals surface area (Å²) in [4.78, 5) is 0. The quantitative estimate of drug-likeness (QED) is 0.734. The third kappa shape index (κ3) is 2.18. The van der Waals surface area contributed by atoms with Gasteiger partial charge >= 0.3 is 0 Å². The van der Waals surface area contributed by atoms with Crippen molar-refractivity contribution in [3.63, 3.8) is 0 Å². The Bertz CT molecular complexity index is 766. The lowest BCUT2D eigenvalue weighted by molar-refractivity contribution is 0.788. The van der Waals surface area contributed by atoms with E-state index < -0.39 is 0 Å². The van der Waals surface area contributed by atoms with Gasteiger partial charge in [-0.2, -0.15) is 4.68 Å². The van der Waals surface area contributed by atoms with Gasteiger partial charge in [0.2, 0.25) is 0 Å². The molecule has 1 aromatic heterocycles. The van der Waals surface area contributed by atoms with Crippen molar-refractivity contribution < 1.29 is 0 Å². The molecule has 2 aromatic carbocycles. The molecule has 1 heterocycles. The smallest absolute Gasteiger partial charge is 0.189 e. The summed E-state index contributed by atoms with van der Waals surface area (Å²) in [6, 6.07) is 13.5. The molecule has 2 N–H and O–H groups in total. The first-order valence-electron chi connectivity index (χ1n) is 6.06. The third-order valence-corrected chi connectivity index (χ3v) is 3.64. The largest absolute Gasteiger partial charge is 0.398 e. The van der Waals surface area contributed by atoms with Crippen molar-refractivity contribution >= 4 is 21.6 Å². The molecule has 0 atom stereocenters. The summed E-state index contributed by atoms with van der Waals surface area (Å²) in [5.74, 6) is 0.618. The van der Waals surface area contributed by atoms with Gasteiger partial charge in [-0.15, -0.1) is 5.10 Å². The van der Waals surface area contributed by atoms with E-state index in [9.17, 15) is 0 Å². The maximum Gasteiger partial charge on any atom is 0.189 e. The number of benzene rings is 2. The number of hydrogen-bond donors (Lipinski definition) is 1. The zero-order valence-corrected chi connectivity index (χ0v) is 12.4. The minimum atomic E-state index is 0.618. The van der Waals surface area contributed by atoms with Crippen LogP contribution in [0.5, 0.6) is 0 Å². The molecule has 3 rings (SSSR count). The van der Waals surface area contributed by atoms with Crippen LogP contribution in [0.15, 0.2) is 46.9 Å². The van der Waals surface area contributed by atoms with Crippen LogP contribution >= 0.6 is 15.9 Å².